The van der Waals surface area contributed by atoms with Crippen LogP contribution in [-0.4, -0.2) is 39.4 Å². The lowest BCUT2D eigenvalue weighted by atomic mass is 10.1. The Labute approximate surface area is 183 Å². The van der Waals surface area contributed by atoms with Gasteiger partial charge in [0.15, 0.2) is 6.61 Å². The van der Waals surface area contributed by atoms with E-state index in [1.165, 1.54) is 17.4 Å². The summed E-state index contributed by atoms with van der Waals surface area (Å²) in [6.07, 6.45) is 3.87. The van der Waals surface area contributed by atoms with Crippen molar-refractivity contribution in [2.75, 3.05) is 18.5 Å². The Morgan fingerprint density at radius 3 is 2.61 bits per heavy atom. The third kappa shape index (κ3) is 6.23. The van der Waals surface area contributed by atoms with Crippen LogP contribution in [0.2, 0.25) is 0 Å². The van der Waals surface area contributed by atoms with Gasteiger partial charge in [0.1, 0.15) is 11.5 Å². The fourth-order valence-electron chi connectivity index (χ4n) is 3.05. The molecule has 1 heterocycles. The van der Waals surface area contributed by atoms with Crippen LogP contribution in [0.3, 0.4) is 0 Å². The van der Waals surface area contributed by atoms with Crippen LogP contribution < -0.4 is 15.8 Å². The SMILES string of the molecule is NC(=O)c1c(NC(=O)COC(=O)CNS(=O)(=O)/C=C/c2ccccc2)sc2c1CCC2. The van der Waals surface area contributed by atoms with E-state index in [0.717, 1.165) is 35.1 Å². The molecule has 1 aliphatic rings. The van der Waals surface area contributed by atoms with Crippen molar-refractivity contribution in [2.24, 2.45) is 5.73 Å². The van der Waals surface area contributed by atoms with Gasteiger partial charge in [0.05, 0.1) is 5.56 Å². The van der Waals surface area contributed by atoms with E-state index in [0.29, 0.717) is 16.1 Å². The molecule has 11 heteroatoms. The zero-order valence-electron chi connectivity index (χ0n) is 16.4. The minimum Gasteiger partial charge on any atom is -0.455 e. The van der Waals surface area contributed by atoms with Gasteiger partial charge in [-0.25, -0.2) is 13.1 Å². The number of carbonyl (C=O) groups is 3. The third-order valence-electron chi connectivity index (χ3n) is 4.44. The van der Waals surface area contributed by atoms with Crippen LogP contribution in [0.25, 0.3) is 6.08 Å². The summed E-state index contributed by atoms with van der Waals surface area (Å²) in [5.41, 5.74) is 7.28. The number of benzene rings is 1. The van der Waals surface area contributed by atoms with E-state index in [-0.39, 0.29) is 0 Å². The summed E-state index contributed by atoms with van der Waals surface area (Å²) in [4.78, 5) is 36.6. The molecule has 0 spiro atoms. The number of nitrogens with one attached hydrogen (secondary N) is 2. The first kappa shape index (κ1) is 22.7. The number of anilines is 1. The van der Waals surface area contributed by atoms with E-state index < -0.39 is 41.0 Å². The predicted molar refractivity (Wildman–Crippen MR) is 117 cm³/mol. The molecule has 0 aliphatic heterocycles. The van der Waals surface area contributed by atoms with E-state index in [1.54, 1.807) is 30.3 Å². The summed E-state index contributed by atoms with van der Waals surface area (Å²) in [5.74, 6) is -2.19. The number of hydrogen-bond acceptors (Lipinski definition) is 7. The predicted octanol–water partition coefficient (Wildman–Crippen LogP) is 1.41. The second-order valence-electron chi connectivity index (χ2n) is 6.71. The summed E-state index contributed by atoms with van der Waals surface area (Å²) < 4.78 is 30.7. The number of rotatable bonds is 9. The minimum absolute atomic E-state index is 0.301. The maximum atomic E-state index is 12.1. The number of sulfonamides is 1. The van der Waals surface area contributed by atoms with E-state index in [9.17, 15) is 22.8 Å². The highest BCUT2D eigenvalue weighted by atomic mass is 32.2. The average Bonchev–Trinajstić information content (AvgIpc) is 3.30. The van der Waals surface area contributed by atoms with E-state index in [2.05, 4.69) is 10.0 Å². The van der Waals surface area contributed by atoms with Crippen molar-refractivity contribution in [3.63, 3.8) is 0 Å². The minimum atomic E-state index is -3.86. The lowest BCUT2D eigenvalue weighted by Crippen LogP contribution is -2.31. The van der Waals surface area contributed by atoms with E-state index >= 15 is 0 Å². The zero-order valence-corrected chi connectivity index (χ0v) is 18.1. The molecule has 164 valence electrons. The standard InChI is InChI=1S/C20H21N3O6S2/c21-19(26)18-14-7-4-8-15(14)30-20(18)23-16(24)12-29-17(25)11-22-31(27,28)10-9-13-5-2-1-3-6-13/h1-3,5-6,9-10,22H,4,7-8,11-12H2,(H2,21,26)(H,23,24)/b10-9+. The van der Waals surface area contributed by atoms with Gasteiger partial charge in [-0.15, -0.1) is 11.3 Å². The lowest BCUT2D eigenvalue weighted by Gasteiger charge is -2.07. The Morgan fingerprint density at radius 1 is 1.16 bits per heavy atom. The molecule has 0 unspecified atom stereocenters. The van der Waals surface area contributed by atoms with Crippen molar-refractivity contribution in [3.05, 3.63) is 57.3 Å². The summed E-state index contributed by atoms with van der Waals surface area (Å²) >= 11 is 1.28. The second kappa shape index (κ2) is 9.86. The Morgan fingerprint density at radius 2 is 1.90 bits per heavy atom. The number of esters is 1. The number of ether oxygens (including phenoxy) is 1. The van der Waals surface area contributed by atoms with Crippen LogP contribution in [-0.2, 0) is 37.2 Å². The maximum absolute atomic E-state index is 12.1. The van der Waals surface area contributed by atoms with Crippen LogP contribution in [0.5, 0.6) is 0 Å². The van der Waals surface area contributed by atoms with Gasteiger partial charge in [-0.3, -0.25) is 14.4 Å². The molecule has 1 aromatic carbocycles. The molecule has 1 aromatic heterocycles. The van der Waals surface area contributed by atoms with Gasteiger partial charge in [-0.2, -0.15) is 0 Å². The summed E-state index contributed by atoms with van der Waals surface area (Å²) in [7, 11) is -3.86. The topological polar surface area (TPSA) is 145 Å². The van der Waals surface area contributed by atoms with Gasteiger partial charge in [-0.05, 0) is 36.5 Å². The molecule has 2 aromatic rings. The molecule has 9 nitrogen and oxygen atoms in total. The largest absolute Gasteiger partial charge is 0.455 e. The number of aryl methyl sites for hydroxylation is 1. The fraction of sp³-hybridized carbons (Fsp3) is 0.250. The molecule has 31 heavy (non-hydrogen) atoms. The van der Waals surface area contributed by atoms with Crippen LogP contribution in [0.4, 0.5) is 5.00 Å². The molecule has 0 bridgehead atoms. The highest BCUT2D eigenvalue weighted by Gasteiger charge is 2.26. The Bertz CT molecular complexity index is 1120. The number of primary amides is 1. The molecular formula is C20H21N3O6S2. The Kier molecular flexibility index (Phi) is 7.21. The second-order valence-corrected chi connectivity index (χ2v) is 9.47. The van der Waals surface area contributed by atoms with E-state index in [1.807, 2.05) is 0 Å². The summed E-state index contributed by atoms with van der Waals surface area (Å²) in [6.45, 7) is -1.25. The van der Waals surface area contributed by atoms with E-state index in [4.69, 9.17) is 10.5 Å². The van der Waals surface area contributed by atoms with Crippen molar-refractivity contribution in [3.8, 4) is 0 Å². The van der Waals surface area contributed by atoms with Gasteiger partial charge >= 0.3 is 5.97 Å². The molecule has 1 aliphatic carbocycles. The normalized spacial score (nSPS) is 13.2. The first-order chi connectivity index (χ1) is 14.7. The van der Waals surface area contributed by atoms with Crippen LogP contribution in [0.1, 0.15) is 32.8 Å². The molecule has 0 saturated carbocycles. The number of thiophene rings is 1. The lowest BCUT2D eigenvalue weighted by molar-refractivity contribution is -0.146. The monoisotopic (exact) mass is 463 g/mol. The van der Waals surface area contributed by atoms with Crippen molar-refractivity contribution >= 4 is 50.2 Å². The fourth-order valence-corrected chi connectivity index (χ4v) is 5.12. The van der Waals surface area contributed by atoms with Gasteiger partial charge < -0.3 is 15.8 Å². The highest BCUT2D eigenvalue weighted by Crippen LogP contribution is 2.38. The molecular weight excluding hydrogens is 442 g/mol. The van der Waals surface area contributed by atoms with Crippen molar-refractivity contribution < 1.29 is 27.5 Å². The quantitative estimate of drug-likeness (QED) is 0.480. The van der Waals surface area contributed by atoms with Gasteiger partial charge in [0, 0.05) is 10.3 Å². The summed E-state index contributed by atoms with van der Waals surface area (Å²) in [5, 5.41) is 3.81. The first-order valence-corrected chi connectivity index (χ1v) is 11.7. The number of amides is 2. The van der Waals surface area contributed by atoms with Gasteiger partial charge in [-0.1, -0.05) is 30.3 Å². The molecule has 2 amide bonds. The number of hydrogen-bond donors (Lipinski definition) is 3. The number of fused-ring (bicyclic) bond motifs is 1. The summed E-state index contributed by atoms with van der Waals surface area (Å²) in [6, 6.07) is 8.78. The van der Waals surface area contributed by atoms with Gasteiger partial charge in [0.25, 0.3) is 11.8 Å². The Hall–Kier alpha value is -3.02. The molecule has 0 fully saturated rings. The molecule has 3 rings (SSSR count). The van der Waals surface area contributed by atoms with Gasteiger partial charge in [0.2, 0.25) is 10.0 Å². The Balaban J connectivity index is 1.47. The average molecular weight is 464 g/mol. The van der Waals surface area contributed by atoms with Crippen molar-refractivity contribution in [2.45, 2.75) is 19.3 Å². The molecule has 0 atom stereocenters. The maximum Gasteiger partial charge on any atom is 0.321 e. The third-order valence-corrected chi connectivity index (χ3v) is 6.69. The van der Waals surface area contributed by atoms with Crippen molar-refractivity contribution in [1.82, 2.24) is 4.72 Å². The molecule has 4 N–H and O–H groups in total. The van der Waals surface area contributed by atoms with Crippen molar-refractivity contribution in [1.29, 1.82) is 0 Å². The van der Waals surface area contributed by atoms with Crippen LogP contribution in [0, 0.1) is 0 Å². The smallest absolute Gasteiger partial charge is 0.321 e. The van der Waals surface area contributed by atoms with Crippen LogP contribution >= 0.6 is 11.3 Å². The zero-order chi connectivity index (χ0) is 22.4. The van der Waals surface area contributed by atoms with Crippen LogP contribution in [0.15, 0.2) is 35.7 Å². The number of nitrogens with two attached hydrogens (primary N) is 1. The molecule has 0 saturated heterocycles. The molecule has 0 radical (unpaired) electrons. The first-order valence-electron chi connectivity index (χ1n) is 9.38. The number of carbonyl (C=O) groups excluding carboxylic acids is 3. The highest BCUT2D eigenvalue weighted by molar-refractivity contribution is 7.92.